The molecule has 1 N–H and O–H groups in total. The van der Waals surface area contributed by atoms with Crippen LogP contribution >= 0.6 is 0 Å². The Morgan fingerprint density at radius 1 is 1.10 bits per heavy atom. The van der Waals surface area contributed by atoms with E-state index in [0.717, 1.165) is 12.5 Å². The summed E-state index contributed by atoms with van der Waals surface area (Å²) < 4.78 is 0. The minimum Gasteiger partial charge on any atom is -0.481 e. The summed E-state index contributed by atoms with van der Waals surface area (Å²) in [6.45, 7) is 7.87. The van der Waals surface area contributed by atoms with Gasteiger partial charge in [-0.15, -0.1) is 0 Å². The van der Waals surface area contributed by atoms with Crippen LogP contribution in [0.5, 0.6) is 0 Å². The molecule has 2 aliphatic carbocycles. The molecule has 0 saturated heterocycles. The Hall–Kier alpha value is -0.570. The van der Waals surface area contributed by atoms with Crippen molar-refractivity contribution in [3.05, 3.63) is 0 Å². The van der Waals surface area contributed by atoms with Crippen molar-refractivity contribution in [3.63, 3.8) is 0 Å². The summed E-state index contributed by atoms with van der Waals surface area (Å²) in [5, 5.41) is 8.92. The van der Waals surface area contributed by atoms with E-state index in [4.69, 9.17) is 5.11 Å². The normalized spacial score (nSPS) is 27.8. The maximum Gasteiger partial charge on any atom is 0.304 e. The van der Waals surface area contributed by atoms with Gasteiger partial charge in [0.25, 0.3) is 0 Å². The van der Waals surface area contributed by atoms with Gasteiger partial charge in [0.15, 0.2) is 0 Å². The Kier molecular flexibility index (Phi) is 5.11. The standard InChI is InChI=1S/C17H31NO2/c1-4-17(2,3)13-5-7-14(8-6-13)18(15-9-10-15)12-11-16(19)20/h13-15H,4-12H2,1-3H3,(H,19,20). The van der Waals surface area contributed by atoms with E-state index in [-0.39, 0.29) is 0 Å². The van der Waals surface area contributed by atoms with Crippen LogP contribution in [0.2, 0.25) is 0 Å². The van der Waals surface area contributed by atoms with Crippen LogP contribution in [0.25, 0.3) is 0 Å². The van der Waals surface area contributed by atoms with Gasteiger partial charge >= 0.3 is 5.97 Å². The van der Waals surface area contributed by atoms with Crippen LogP contribution in [0, 0.1) is 11.3 Å². The Morgan fingerprint density at radius 2 is 1.60 bits per heavy atom. The lowest BCUT2D eigenvalue weighted by Gasteiger charge is -2.42. The van der Waals surface area contributed by atoms with Gasteiger partial charge < -0.3 is 5.11 Å². The molecule has 0 amide bonds. The van der Waals surface area contributed by atoms with Crippen molar-refractivity contribution in [3.8, 4) is 0 Å². The third-order valence-electron chi connectivity index (χ3n) is 5.78. The first-order valence-electron chi connectivity index (χ1n) is 8.41. The first-order valence-corrected chi connectivity index (χ1v) is 8.41. The molecule has 0 spiro atoms. The summed E-state index contributed by atoms with van der Waals surface area (Å²) in [5.74, 6) is 0.195. The third-order valence-corrected chi connectivity index (χ3v) is 5.78. The predicted molar refractivity (Wildman–Crippen MR) is 81.8 cm³/mol. The number of aliphatic carboxylic acids is 1. The second-order valence-electron chi connectivity index (χ2n) is 7.46. The smallest absolute Gasteiger partial charge is 0.304 e. The predicted octanol–water partition coefficient (Wildman–Crippen LogP) is 3.92. The van der Waals surface area contributed by atoms with Gasteiger partial charge in [-0.2, -0.15) is 0 Å². The van der Waals surface area contributed by atoms with Crippen molar-refractivity contribution in [1.82, 2.24) is 4.90 Å². The Labute approximate surface area is 123 Å². The molecule has 0 aliphatic heterocycles. The van der Waals surface area contributed by atoms with E-state index in [9.17, 15) is 4.79 Å². The lowest BCUT2D eigenvalue weighted by Crippen LogP contribution is -2.42. The highest BCUT2D eigenvalue weighted by molar-refractivity contribution is 5.66. The van der Waals surface area contributed by atoms with Crippen molar-refractivity contribution in [2.45, 2.75) is 84.2 Å². The average Bonchev–Trinajstić information content (AvgIpc) is 3.24. The zero-order valence-electron chi connectivity index (χ0n) is 13.4. The van der Waals surface area contributed by atoms with Crippen LogP contribution in [0.4, 0.5) is 0 Å². The number of rotatable bonds is 7. The molecule has 0 bridgehead atoms. The minimum atomic E-state index is -0.656. The highest BCUT2D eigenvalue weighted by Crippen LogP contribution is 2.43. The highest BCUT2D eigenvalue weighted by atomic mass is 16.4. The van der Waals surface area contributed by atoms with Gasteiger partial charge in [0, 0.05) is 18.6 Å². The third kappa shape index (κ3) is 3.97. The molecule has 0 unspecified atom stereocenters. The van der Waals surface area contributed by atoms with E-state index in [2.05, 4.69) is 25.7 Å². The fraction of sp³-hybridized carbons (Fsp3) is 0.941. The molecule has 0 radical (unpaired) electrons. The Balaban J connectivity index is 1.86. The van der Waals surface area contributed by atoms with Gasteiger partial charge in [-0.05, 0) is 49.9 Å². The molecule has 2 rings (SSSR count). The summed E-state index contributed by atoms with van der Waals surface area (Å²) >= 11 is 0. The molecule has 0 heterocycles. The monoisotopic (exact) mass is 281 g/mol. The molecule has 3 heteroatoms. The quantitative estimate of drug-likeness (QED) is 0.769. The molecular weight excluding hydrogens is 250 g/mol. The van der Waals surface area contributed by atoms with Crippen molar-refractivity contribution >= 4 is 5.97 Å². The van der Waals surface area contributed by atoms with Crippen molar-refractivity contribution in [2.75, 3.05) is 6.54 Å². The fourth-order valence-electron chi connectivity index (χ4n) is 3.77. The maximum absolute atomic E-state index is 10.8. The Morgan fingerprint density at radius 3 is 2.00 bits per heavy atom. The molecule has 116 valence electrons. The molecule has 20 heavy (non-hydrogen) atoms. The zero-order valence-corrected chi connectivity index (χ0v) is 13.4. The van der Waals surface area contributed by atoms with E-state index in [0.29, 0.717) is 23.9 Å². The fourth-order valence-corrected chi connectivity index (χ4v) is 3.77. The van der Waals surface area contributed by atoms with Gasteiger partial charge in [0.1, 0.15) is 0 Å². The van der Waals surface area contributed by atoms with Crippen molar-refractivity contribution < 1.29 is 9.90 Å². The molecule has 2 aliphatic rings. The van der Waals surface area contributed by atoms with Gasteiger partial charge in [-0.1, -0.05) is 27.2 Å². The van der Waals surface area contributed by atoms with E-state index in [1.165, 1.54) is 44.9 Å². The Bertz CT molecular complexity index is 328. The van der Waals surface area contributed by atoms with Crippen LogP contribution in [0.15, 0.2) is 0 Å². The van der Waals surface area contributed by atoms with Crippen molar-refractivity contribution in [2.24, 2.45) is 11.3 Å². The van der Waals surface area contributed by atoms with E-state index in [1.807, 2.05) is 0 Å². The van der Waals surface area contributed by atoms with Gasteiger partial charge in [-0.3, -0.25) is 9.69 Å². The van der Waals surface area contributed by atoms with Crippen LogP contribution < -0.4 is 0 Å². The molecule has 0 aromatic heterocycles. The van der Waals surface area contributed by atoms with Crippen LogP contribution in [0.3, 0.4) is 0 Å². The lowest BCUT2D eigenvalue weighted by atomic mass is 9.68. The van der Waals surface area contributed by atoms with Crippen molar-refractivity contribution in [1.29, 1.82) is 0 Å². The van der Waals surface area contributed by atoms with Gasteiger partial charge in [-0.25, -0.2) is 0 Å². The summed E-state index contributed by atoms with van der Waals surface area (Å²) in [6, 6.07) is 1.33. The molecule has 0 atom stereocenters. The first-order chi connectivity index (χ1) is 9.44. The number of hydrogen-bond donors (Lipinski definition) is 1. The van der Waals surface area contributed by atoms with Gasteiger partial charge in [0.2, 0.25) is 0 Å². The molecule has 3 nitrogen and oxygen atoms in total. The van der Waals surface area contributed by atoms with Crippen LogP contribution in [-0.2, 0) is 4.79 Å². The van der Waals surface area contributed by atoms with Crippen LogP contribution in [0.1, 0.15) is 72.1 Å². The number of carboxylic acids is 1. The topological polar surface area (TPSA) is 40.5 Å². The second-order valence-corrected chi connectivity index (χ2v) is 7.46. The number of nitrogens with zero attached hydrogens (tertiary/aromatic N) is 1. The van der Waals surface area contributed by atoms with E-state index >= 15 is 0 Å². The molecular formula is C17H31NO2. The summed E-state index contributed by atoms with van der Waals surface area (Å²) in [5.41, 5.74) is 0.469. The van der Waals surface area contributed by atoms with Crippen LogP contribution in [-0.4, -0.2) is 34.6 Å². The number of hydrogen-bond acceptors (Lipinski definition) is 2. The van der Waals surface area contributed by atoms with E-state index < -0.39 is 5.97 Å². The molecule has 2 saturated carbocycles. The largest absolute Gasteiger partial charge is 0.481 e. The molecule has 0 aromatic rings. The molecule has 0 aromatic carbocycles. The lowest BCUT2D eigenvalue weighted by molar-refractivity contribution is -0.137. The maximum atomic E-state index is 10.8. The number of carbonyl (C=O) groups is 1. The highest BCUT2D eigenvalue weighted by Gasteiger charge is 2.38. The summed E-state index contributed by atoms with van der Waals surface area (Å²) in [6.07, 6.45) is 9.29. The summed E-state index contributed by atoms with van der Waals surface area (Å²) in [7, 11) is 0. The first kappa shape index (κ1) is 15.8. The average molecular weight is 281 g/mol. The molecule has 2 fully saturated rings. The van der Waals surface area contributed by atoms with E-state index in [1.54, 1.807) is 0 Å². The second kappa shape index (κ2) is 6.46. The minimum absolute atomic E-state index is 0.302. The zero-order chi connectivity index (χ0) is 14.8. The summed E-state index contributed by atoms with van der Waals surface area (Å²) in [4.78, 5) is 13.3. The SMILES string of the molecule is CCC(C)(C)C1CCC(N(CCC(=O)O)C2CC2)CC1. The van der Waals surface area contributed by atoms with Gasteiger partial charge in [0.05, 0.1) is 6.42 Å². The number of carboxylic acid groups (broad SMARTS) is 1.